The van der Waals surface area contributed by atoms with Crippen LogP contribution in [0.25, 0.3) is 0 Å². The molecule has 2 rings (SSSR count). The van der Waals surface area contributed by atoms with Gasteiger partial charge in [-0.2, -0.15) is 0 Å². The second kappa shape index (κ2) is 6.02. The highest BCUT2D eigenvalue weighted by atomic mass is 35.5. The number of anilines is 2. The molecule has 1 heterocycles. The molecule has 0 radical (unpaired) electrons. The fourth-order valence-corrected chi connectivity index (χ4v) is 2.34. The van der Waals surface area contributed by atoms with E-state index in [4.69, 9.17) is 11.6 Å². The lowest BCUT2D eigenvalue weighted by Crippen LogP contribution is -2.29. The van der Waals surface area contributed by atoms with E-state index in [1.165, 1.54) is 11.3 Å². The number of hydrogen-bond donors (Lipinski definition) is 2. The van der Waals surface area contributed by atoms with E-state index in [1.807, 2.05) is 6.92 Å². The van der Waals surface area contributed by atoms with Crippen LogP contribution in [0.4, 0.5) is 10.8 Å². The summed E-state index contributed by atoms with van der Waals surface area (Å²) in [6, 6.07) is 5.10. The molecule has 2 amide bonds. The Balaban J connectivity index is 2.04. The van der Waals surface area contributed by atoms with E-state index >= 15 is 0 Å². The summed E-state index contributed by atoms with van der Waals surface area (Å²) in [4.78, 5) is 27.6. The Hall–Kier alpha value is -1.92. The molecule has 0 unspecified atom stereocenters. The number of carbonyl (C=O) groups is 2. The van der Waals surface area contributed by atoms with Crippen LogP contribution >= 0.6 is 22.9 Å². The maximum Gasteiger partial charge on any atom is 0.315 e. The van der Waals surface area contributed by atoms with Crippen molar-refractivity contribution in [2.75, 3.05) is 10.6 Å². The zero-order valence-electron chi connectivity index (χ0n) is 10.9. The van der Waals surface area contributed by atoms with Gasteiger partial charge in [0.15, 0.2) is 5.13 Å². The number of rotatable bonds is 2. The summed E-state index contributed by atoms with van der Waals surface area (Å²) in [6.45, 7) is 3.57. The molecular weight excluding hydrogens is 298 g/mol. The molecule has 2 N–H and O–H groups in total. The molecule has 5 nitrogen and oxygen atoms in total. The number of benzene rings is 1. The number of aryl methyl sites for hydroxylation is 1. The normalized spacial score (nSPS) is 10.2. The SMILES string of the molecule is Cc1csc(NC(=O)C(=O)Nc2cccc(Cl)c2C)n1. The van der Waals surface area contributed by atoms with Gasteiger partial charge in [-0.1, -0.05) is 17.7 Å². The van der Waals surface area contributed by atoms with Gasteiger partial charge < -0.3 is 5.32 Å². The molecule has 0 bridgehead atoms. The van der Waals surface area contributed by atoms with Gasteiger partial charge in [-0.3, -0.25) is 14.9 Å². The van der Waals surface area contributed by atoms with E-state index < -0.39 is 11.8 Å². The van der Waals surface area contributed by atoms with Crippen LogP contribution in [-0.2, 0) is 9.59 Å². The van der Waals surface area contributed by atoms with E-state index in [9.17, 15) is 9.59 Å². The Labute approximate surface area is 125 Å². The lowest BCUT2D eigenvalue weighted by atomic mass is 10.2. The van der Waals surface area contributed by atoms with E-state index in [2.05, 4.69) is 15.6 Å². The Kier molecular flexibility index (Phi) is 4.36. The zero-order chi connectivity index (χ0) is 14.7. The highest BCUT2D eigenvalue weighted by Gasteiger charge is 2.16. The molecule has 0 atom stereocenters. The van der Waals surface area contributed by atoms with Gasteiger partial charge in [-0.15, -0.1) is 11.3 Å². The molecule has 20 heavy (non-hydrogen) atoms. The van der Waals surface area contributed by atoms with Crippen molar-refractivity contribution >= 4 is 45.6 Å². The second-order valence-corrected chi connectivity index (χ2v) is 5.38. The summed E-state index contributed by atoms with van der Waals surface area (Å²) in [5.74, 6) is -1.53. The molecule has 0 spiro atoms. The first-order chi connectivity index (χ1) is 9.47. The molecule has 0 fully saturated rings. The van der Waals surface area contributed by atoms with Crippen LogP contribution in [0.5, 0.6) is 0 Å². The van der Waals surface area contributed by atoms with Crippen LogP contribution in [0.1, 0.15) is 11.3 Å². The first-order valence-electron chi connectivity index (χ1n) is 5.77. The minimum Gasteiger partial charge on any atom is -0.317 e. The predicted molar refractivity (Wildman–Crippen MR) is 80.3 cm³/mol. The minimum atomic E-state index is -0.765. The number of halogens is 1. The summed E-state index contributed by atoms with van der Waals surface area (Å²) in [5.41, 5.74) is 2.00. The van der Waals surface area contributed by atoms with E-state index in [1.54, 1.807) is 30.5 Å². The molecule has 0 saturated heterocycles. The monoisotopic (exact) mass is 309 g/mol. The molecule has 0 aliphatic carbocycles. The van der Waals surface area contributed by atoms with Gasteiger partial charge in [-0.05, 0) is 31.5 Å². The van der Waals surface area contributed by atoms with Crippen molar-refractivity contribution in [2.45, 2.75) is 13.8 Å². The Morgan fingerprint density at radius 1 is 1.20 bits per heavy atom. The highest BCUT2D eigenvalue weighted by Crippen LogP contribution is 2.23. The second-order valence-electron chi connectivity index (χ2n) is 4.11. The number of amides is 2. The van der Waals surface area contributed by atoms with Gasteiger partial charge >= 0.3 is 11.8 Å². The molecule has 0 saturated carbocycles. The van der Waals surface area contributed by atoms with Crippen molar-refractivity contribution in [1.82, 2.24) is 4.98 Å². The molecule has 2 aromatic rings. The summed E-state index contributed by atoms with van der Waals surface area (Å²) in [6.07, 6.45) is 0. The first-order valence-corrected chi connectivity index (χ1v) is 7.02. The lowest BCUT2D eigenvalue weighted by Gasteiger charge is -2.08. The maximum absolute atomic E-state index is 11.8. The van der Waals surface area contributed by atoms with Crippen LogP contribution < -0.4 is 10.6 Å². The van der Waals surface area contributed by atoms with Crippen LogP contribution in [0.3, 0.4) is 0 Å². The summed E-state index contributed by atoms with van der Waals surface area (Å²) < 4.78 is 0. The van der Waals surface area contributed by atoms with Crippen molar-refractivity contribution < 1.29 is 9.59 Å². The highest BCUT2D eigenvalue weighted by molar-refractivity contribution is 7.14. The number of aromatic nitrogens is 1. The van der Waals surface area contributed by atoms with Crippen LogP contribution in [0, 0.1) is 13.8 Å². The smallest absolute Gasteiger partial charge is 0.315 e. The number of carbonyl (C=O) groups excluding carboxylic acids is 2. The van der Waals surface area contributed by atoms with E-state index in [0.717, 1.165) is 5.69 Å². The third-order valence-electron chi connectivity index (χ3n) is 2.56. The van der Waals surface area contributed by atoms with Gasteiger partial charge in [0.1, 0.15) is 0 Å². The Morgan fingerprint density at radius 2 is 1.90 bits per heavy atom. The number of nitrogens with zero attached hydrogens (tertiary/aromatic N) is 1. The summed E-state index contributed by atoms with van der Waals surface area (Å²) in [5, 5.41) is 7.67. The van der Waals surface area contributed by atoms with Gasteiger partial charge in [0.25, 0.3) is 0 Å². The molecule has 7 heteroatoms. The van der Waals surface area contributed by atoms with Crippen molar-refractivity contribution in [3.05, 3.63) is 39.9 Å². The molecule has 104 valence electrons. The fraction of sp³-hybridized carbons (Fsp3) is 0.154. The number of hydrogen-bond acceptors (Lipinski definition) is 4. The van der Waals surface area contributed by atoms with Crippen LogP contribution in [-0.4, -0.2) is 16.8 Å². The lowest BCUT2D eigenvalue weighted by molar-refractivity contribution is -0.133. The van der Waals surface area contributed by atoms with E-state index in [0.29, 0.717) is 21.4 Å². The molecule has 1 aromatic carbocycles. The average Bonchev–Trinajstić information content (AvgIpc) is 2.80. The van der Waals surface area contributed by atoms with Crippen molar-refractivity contribution in [3.8, 4) is 0 Å². The summed E-state index contributed by atoms with van der Waals surface area (Å²) >= 11 is 7.21. The average molecular weight is 310 g/mol. The maximum atomic E-state index is 11.8. The van der Waals surface area contributed by atoms with Gasteiger partial charge in [0.05, 0.1) is 5.69 Å². The molecule has 0 aliphatic rings. The van der Waals surface area contributed by atoms with Gasteiger partial charge in [-0.25, -0.2) is 4.98 Å². The Morgan fingerprint density at radius 3 is 2.55 bits per heavy atom. The first kappa shape index (κ1) is 14.5. The quantitative estimate of drug-likeness (QED) is 0.838. The summed E-state index contributed by atoms with van der Waals surface area (Å²) in [7, 11) is 0. The van der Waals surface area contributed by atoms with Crippen LogP contribution in [0.2, 0.25) is 5.02 Å². The third-order valence-corrected chi connectivity index (χ3v) is 3.85. The molecule has 1 aromatic heterocycles. The zero-order valence-corrected chi connectivity index (χ0v) is 12.4. The third kappa shape index (κ3) is 3.34. The van der Waals surface area contributed by atoms with Crippen molar-refractivity contribution in [1.29, 1.82) is 0 Å². The molecule has 0 aliphatic heterocycles. The predicted octanol–water partition coefficient (Wildman–Crippen LogP) is 2.99. The topological polar surface area (TPSA) is 71.1 Å². The van der Waals surface area contributed by atoms with Crippen molar-refractivity contribution in [3.63, 3.8) is 0 Å². The molecular formula is C13H12ClN3O2S. The van der Waals surface area contributed by atoms with Gasteiger partial charge in [0.2, 0.25) is 0 Å². The van der Waals surface area contributed by atoms with E-state index in [-0.39, 0.29) is 0 Å². The standard InChI is InChI=1S/C13H12ClN3O2S/c1-7-6-20-13(15-7)17-12(19)11(18)16-10-5-3-4-9(14)8(10)2/h3-6H,1-2H3,(H,16,18)(H,15,17,19). The van der Waals surface area contributed by atoms with Crippen LogP contribution in [0.15, 0.2) is 23.6 Å². The van der Waals surface area contributed by atoms with Gasteiger partial charge in [0, 0.05) is 16.1 Å². The largest absolute Gasteiger partial charge is 0.317 e. The van der Waals surface area contributed by atoms with Crippen molar-refractivity contribution in [2.24, 2.45) is 0 Å². The Bertz CT molecular complexity index is 669. The fourth-order valence-electron chi connectivity index (χ4n) is 1.49. The number of thiazole rings is 1. The minimum absolute atomic E-state index is 0.394. The number of nitrogens with one attached hydrogen (secondary N) is 2.